The van der Waals surface area contributed by atoms with Crippen molar-refractivity contribution in [3.63, 3.8) is 0 Å². The molecular weight excluding hydrogens is 267 g/mol. The van der Waals surface area contributed by atoms with Gasteiger partial charge in [-0.05, 0) is 12.3 Å². The number of nitrogens with zero attached hydrogens (tertiary/aromatic N) is 2. The number of alkyl halides is 3. The topological polar surface area (TPSA) is 45.2 Å². The number of anilines is 1. The minimum absolute atomic E-state index is 0.0214. The van der Waals surface area contributed by atoms with Gasteiger partial charge < -0.3 is 4.90 Å². The highest BCUT2D eigenvalue weighted by Gasteiger charge is 2.34. The van der Waals surface area contributed by atoms with E-state index in [2.05, 4.69) is 10.3 Å². The van der Waals surface area contributed by atoms with Gasteiger partial charge in [-0.2, -0.15) is 13.2 Å². The zero-order valence-electron chi connectivity index (χ0n) is 9.62. The molecule has 0 bridgehead atoms. The summed E-state index contributed by atoms with van der Waals surface area (Å²) in [6, 6.07) is -0.387. The van der Waals surface area contributed by atoms with Crippen LogP contribution >= 0.6 is 11.3 Å². The van der Waals surface area contributed by atoms with Crippen LogP contribution in [0.2, 0.25) is 0 Å². The SMILES string of the molecule is CC1CCN(C(=O)Nc2nc(C(F)(F)F)cs2)C1. The van der Waals surface area contributed by atoms with Crippen LogP contribution < -0.4 is 5.32 Å². The van der Waals surface area contributed by atoms with E-state index in [9.17, 15) is 18.0 Å². The second-order valence-corrected chi connectivity index (χ2v) is 5.16. The number of hydrogen-bond acceptors (Lipinski definition) is 3. The first-order chi connectivity index (χ1) is 8.36. The van der Waals surface area contributed by atoms with Gasteiger partial charge in [0.15, 0.2) is 10.8 Å². The molecule has 0 aliphatic carbocycles. The number of likely N-dealkylation sites (tertiary alicyclic amines) is 1. The van der Waals surface area contributed by atoms with Crippen molar-refractivity contribution >= 4 is 22.5 Å². The fraction of sp³-hybridized carbons (Fsp3) is 0.600. The maximum Gasteiger partial charge on any atom is 0.434 e. The van der Waals surface area contributed by atoms with Crippen LogP contribution in [0.3, 0.4) is 0 Å². The smallest absolute Gasteiger partial charge is 0.324 e. The molecule has 0 spiro atoms. The molecule has 1 atom stereocenters. The van der Waals surface area contributed by atoms with Gasteiger partial charge in [-0.15, -0.1) is 11.3 Å². The van der Waals surface area contributed by atoms with E-state index in [0.29, 0.717) is 19.0 Å². The number of thiazole rings is 1. The molecule has 1 saturated heterocycles. The Morgan fingerprint density at radius 1 is 1.61 bits per heavy atom. The summed E-state index contributed by atoms with van der Waals surface area (Å²) in [7, 11) is 0. The van der Waals surface area contributed by atoms with Crippen molar-refractivity contribution in [1.82, 2.24) is 9.88 Å². The molecule has 2 heterocycles. The van der Waals surface area contributed by atoms with Crippen LogP contribution in [0.5, 0.6) is 0 Å². The Kier molecular flexibility index (Phi) is 3.47. The van der Waals surface area contributed by atoms with Gasteiger partial charge in [0.1, 0.15) is 0 Å². The largest absolute Gasteiger partial charge is 0.434 e. The third-order valence-corrected chi connectivity index (χ3v) is 3.48. The maximum absolute atomic E-state index is 12.3. The van der Waals surface area contributed by atoms with E-state index in [1.54, 1.807) is 4.90 Å². The van der Waals surface area contributed by atoms with E-state index in [0.717, 1.165) is 23.1 Å². The highest BCUT2D eigenvalue weighted by atomic mass is 32.1. The van der Waals surface area contributed by atoms with Gasteiger partial charge in [-0.1, -0.05) is 6.92 Å². The third-order valence-electron chi connectivity index (χ3n) is 2.72. The van der Waals surface area contributed by atoms with Gasteiger partial charge in [0, 0.05) is 18.5 Å². The van der Waals surface area contributed by atoms with Gasteiger partial charge in [0.2, 0.25) is 0 Å². The minimum Gasteiger partial charge on any atom is -0.324 e. The first kappa shape index (κ1) is 13.1. The summed E-state index contributed by atoms with van der Waals surface area (Å²) in [5.74, 6) is 0.429. The van der Waals surface area contributed by atoms with Crippen molar-refractivity contribution < 1.29 is 18.0 Å². The molecule has 1 unspecified atom stereocenters. The van der Waals surface area contributed by atoms with Crippen molar-refractivity contribution in [2.75, 3.05) is 18.4 Å². The lowest BCUT2D eigenvalue weighted by molar-refractivity contribution is -0.140. The third kappa shape index (κ3) is 2.92. The summed E-state index contributed by atoms with van der Waals surface area (Å²) in [5.41, 5.74) is -0.974. The van der Waals surface area contributed by atoms with Crippen molar-refractivity contribution in [3.05, 3.63) is 11.1 Å². The van der Waals surface area contributed by atoms with Gasteiger partial charge in [-0.3, -0.25) is 5.32 Å². The average Bonchev–Trinajstić information content (AvgIpc) is 2.85. The molecule has 1 N–H and O–H groups in total. The Morgan fingerprint density at radius 2 is 2.33 bits per heavy atom. The number of rotatable bonds is 1. The first-order valence-electron chi connectivity index (χ1n) is 5.45. The summed E-state index contributed by atoms with van der Waals surface area (Å²) < 4.78 is 36.9. The van der Waals surface area contributed by atoms with E-state index in [4.69, 9.17) is 0 Å². The molecule has 18 heavy (non-hydrogen) atoms. The highest BCUT2D eigenvalue weighted by molar-refractivity contribution is 7.13. The molecule has 0 radical (unpaired) electrons. The molecule has 1 aromatic rings. The van der Waals surface area contributed by atoms with Gasteiger partial charge in [-0.25, -0.2) is 9.78 Å². The number of urea groups is 1. The van der Waals surface area contributed by atoms with Crippen LogP contribution in [-0.4, -0.2) is 29.0 Å². The normalized spacial score (nSPS) is 20.2. The molecule has 2 rings (SSSR count). The van der Waals surface area contributed by atoms with E-state index in [1.807, 2.05) is 6.92 Å². The van der Waals surface area contributed by atoms with E-state index >= 15 is 0 Å². The Labute approximate surface area is 106 Å². The lowest BCUT2D eigenvalue weighted by Crippen LogP contribution is -2.32. The van der Waals surface area contributed by atoms with E-state index in [-0.39, 0.29) is 11.2 Å². The molecule has 0 saturated carbocycles. The summed E-state index contributed by atoms with van der Waals surface area (Å²) in [4.78, 5) is 16.6. The van der Waals surface area contributed by atoms with E-state index in [1.165, 1.54) is 0 Å². The number of halogens is 3. The number of nitrogens with one attached hydrogen (secondary N) is 1. The van der Waals surface area contributed by atoms with Crippen LogP contribution in [0.25, 0.3) is 0 Å². The fourth-order valence-electron chi connectivity index (χ4n) is 1.75. The zero-order valence-corrected chi connectivity index (χ0v) is 10.4. The average molecular weight is 279 g/mol. The Hall–Kier alpha value is -1.31. The second-order valence-electron chi connectivity index (χ2n) is 4.31. The lowest BCUT2D eigenvalue weighted by atomic mass is 10.2. The monoisotopic (exact) mass is 279 g/mol. The molecule has 4 nitrogen and oxygen atoms in total. The van der Waals surface area contributed by atoms with Gasteiger partial charge in [0.25, 0.3) is 0 Å². The summed E-state index contributed by atoms with van der Waals surface area (Å²) in [5, 5.41) is 3.26. The summed E-state index contributed by atoms with van der Waals surface area (Å²) >= 11 is 0.775. The lowest BCUT2D eigenvalue weighted by Gasteiger charge is -2.15. The molecule has 100 valence electrons. The number of hydrogen-bond donors (Lipinski definition) is 1. The predicted molar refractivity (Wildman–Crippen MR) is 61.5 cm³/mol. The van der Waals surface area contributed by atoms with Crippen molar-refractivity contribution in [2.45, 2.75) is 19.5 Å². The van der Waals surface area contributed by atoms with Crippen molar-refractivity contribution in [3.8, 4) is 0 Å². The molecule has 8 heteroatoms. The summed E-state index contributed by atoms with van der Waals surface area (Å²) in [6.07, 6.45) is -3.55. The molecule has 1 aromatic heterocycles. The molecule has 1 aliphatic heterocycles. The molecular formula is C10H12F3N3OS. The van der Waals surface area contributed by atoms with Gasteiger partial charge in [0.05, 0.1) is 0 Å². The molecule has 1 fully saturated rings. The summed E-state index contributed by atoms with van der Waals surface area (Å²) in [6.45, 7) is 3.28. The number of carbonyl (C=O) groups is 1. The van der Waals surface area contributed by atoms with Gasteiger partial charge >= 0.3 is 12.2 Å². The Morgan fingerprint density at radius 3 is 2.83 bits per heavy atom. The minimum atomic E-state index is -4.47. The first-order valence-corrected chi connectivity index (χ1v) is 6.33. The van der Waals surface area contributed by atoms with Crippen LogP contribution in [0.15, 0.2) is 5.38 Å². The highest BCUT2D eigenvalue weighted by Crippen LogP contribution is 2.31. The van der Waals surface area contributed by atoms with E-state index < -0.39 is 11.9 Å². The Bertz CT molecular complexity index is 446. The quantitative estimate of drug-likeness (QED) is 0.858. The zero-order chi connectivity index (χ0) is 13.3. The van der Waals surface area contributed by atoms with Crippen molar-refractivity contribution in [2.24, 2.45) is 5.92 Å². The number of carbonyl (C=O) groups excluding carboxylic acids is 1. The fourth-order valence-corrected chi connectivity index (χ4v) is 2.46. The number of aromatic nitrogens is 1. The number of amides is 2. The van der Waals surface area contributed by atoms with Crippen LogP contribution in [-0.2, 0) is 6.18 Å². The van der Waals surface area contributed by atoms with Crippen LogP contribution in [0, 0.1) is 5.92 Å². The molecule has 0 aromatic carbocycles. The predicted octanol–water partition coefficient (Wildman–Crippen LogP) is 3.04. The Balaban J connectivity index is 1.97. The van der Waals surface area contributed by atoms with Crippen molar-refractivity contribution in [1.29, 1.82) is 0 Å². The molecule has 2 amide bonds. The molecule has 1 aliphatic rings. The maximum atomic E-state index is 12.3. The van der Waals surface area contributed by atoms with Crippen LogP contribution in [0.1, 0.15) is 19.0 Å². The standard InChI is InChI=1S/C10H12F3N3OS/c1-6-2-3-16(4-6)9(17)15-8-14-7(5-18-8)10(11,12)13/h5-6H,2-4H2,1H3,(H,14,15,17). The van der Waals surface area contributed by atoms with Crippen LogP contribution in [0.4, 0.5) is 23.1 Å². The second kappa shape index (κ2) is 4.75.